The van der Waals surface area contributed by atoms with E-state index in [1.54, 1.807) is 0 Å². The summed E-state index contributed by atoms with van der Waals surface area (Å²) in [5.74, 6) is -0.591. The fourth-order valence-corrected chi connectivity index (χ4v) is 3.06. The second kappa shape index (κ2) is 8.71. The number of halogens is 2. The van der Waals surface area contributed by atoms with Gasteiger partial charge in [-0.25, -0.2) is 17.5 Å². The molecule has 1 amide bonds. The van der Waals surface area contributed by atoms with Gasteiger partial charge in [-0.05, 0) is 43.6 Å². The molecular weight excluding hydrogens is 351 g/mol. The first-order chi connectivity index (χ1) is 10.3. The van der Waals surface area contributed by atoms with Crippen molar-refractivity contribution in [2.45, 2.75) is 19.4 Å². The third kappa shape index (κ3) is 6.12. The van der Waals surface area contributed by atoms with Gasteiger partial charge in [-0.1, -0.05) is 11.6 Å². The molecule has 2 N–H and O–H groups in total. The zero-order valence-corrected chi connectivity index (χ0v) is 14.6. The monoisotopic (exact) mass is 368 g/mol. The number of hydrogen-bond donors (Lipinski definition) is 2. The minimum atomic E-state index is -3.51. The predicted molar refractivity (Wildman–Crippen MR) is 89.4 cm³/mol. The van der Waals surface area contributed by atoms with E-state index in [4.69, 9.17) is 11.6 Å². The van der Waals surface area contributed by atoms with Crippen LogP contribution in [0.25, 0.3) is 0 Å². The molecule has 0 spiro atoms. The maximum Gasteiger partial charge on any atom is 0.242 e. The van der Waals surface area contributed by atoms with Crippen molar-refractivity contribution < 1.29 is 17.6 Å². The number of thioether (sulfide) groups is 1. The summed E-state index contributed by atoms with van der Waals surface area (Å²) in [4.78, 5) is 12.2. The van der Waals surface area contributed by atoms with Crippen molar-refractivity contribution in [2.75, 3.05) is 23.1 Å². The number of carbonyl (C=O) groups is 1. The molecule has 0 heterocycles. The van der Waals surface area contributed by atoms with Gasteiger partial charge < -0.3 is 5.32 Å². The van der Waals surface area contributed by atoms with Crippen molar-refractivity contribution in [1.29, 1.82) is 0 Å². The molecule has 0 aliphatic heterocycles. The number of anilines is 1. The summed E-state index contributed by atoms with van der Waals surface area (Å²) in [7, 11) is -3.51. The second-order valence-corrected chi connectivity index (χ2v) is 7.91. The van der Waals surface area contributed by atoms with Crippen LogP contribution in [0.4, 0.5) is 10.1 Å². The molecule has 5 nitrogen and oxygen atoms in total. The van der Waals surface area contributed by atoms with Crippen molar-refractivity contribution in [3.63, 3.8) is 0 Å². The highest BCUT2D eigenvalue weighted by Gasteiger charge is 2.23. The normalized spacial score (nSPS) is 12.9. The number of sulfonamides is 1. The van der Waals surface area contributed by atoms with Crippen LogP contribution >= 0.6 is 23.4 Å². The third-order valence-electron chi connectivity index (χ3n) is 2.82. The van der Waals surface area contributed by atoms with Crippen molar-refractivity contribution in [1.82, 2.24) is 4.72 Å². The Balaban J connectivity index is 2.84. The average Bonchev–Trinajstić information content (AvgIpc) is 2.47. The van der Waals surface area contributed by atoms with E-state index in [2.05, 4.69) is 10.0 Å². The van der Waals surface area contributed by atoms with Crippen molar-refractivity contribution in [3.8, 4) is 0 Å². The molecule has 0 aliphatic rings. The van der Waals surface area contributed by atoms with Crippen LogP contribution in [-0.2, 0) is 14.8 Å². The van der Waals surface area contributed by atoms with E-state index in [0.29, 0.717) is 17.9 Å². The summed E-state index contributed by atoms with van der Waals surface area (Å²) in [6.07, 6.45) is 2.21. The smallest absolute Gasteiger partial charge is 0.242 e. The standard InChI is InChI=1S/C13H18ClFN2O3S2/c1-3-22(19,20)17-12(6-7-21-2)13(18)16-9-4-5-11(15)10(14)8-9/h4-5,8,12,17H,3,6-7H2,1-2H3,(H,16,18). The second-order valence-electron chi connectivity index (χ2n) is 4.47. The van der Waals surface area contributed by atoms with E-state index >= 15 is 0 Å². The molecule has 1 atom stereocenters. The number of hydrogen-bond acceptors (Lipinski definition) is 4. The van der Waals surface area contributed by atoms with Crippen LogP contribution in [0.3, 0.4) is 0 Å². The van der Waals surface area contributed by atoms with Gasteiger partial charge in [0.15, 0.2) is 0 Å². The maximum atomic E-state index is 13.1. The highest BCUT2D eigenvalue weighted by atomic mass is 35.5. The zero-order valence-electron chi connectivity index (χ0n) is 12.2. The summed E-state index contributed by atoms with van der Waals surface area (Å²) >= 11 is 7.15. The number of rotatable bonds is 8. The Bertz CT molecular complexity index is 626. The lowest BCUT2D eigenvalue weighted by Crippen LogP contribution is -2.44. The molecule has 0 bridgehead atoms. The maximum absolute atomic E-state index is 13.1. The SMILES string of the molecule is CCS(=O)(=O)NC(CCSC)C(=O)Nc1ccc(F)c(Cl)c1. The number of carbonyl (C=O) groups excluding carboxylic acids is 1. The van der Waals surface area contributed by atoms with Crippen LogP contribution in [-0.4, -0.2) is 38.1 Å². The molecule has 0 radical (unpaired) electrons. The summed E-state index contributed by atoms with van der Waals surface area (Å²) < 4.78 is 38.8. The molecule has 124 valence electrons. The van der Waals surface area contributed by atoms with E-state index in [-0.39, 0.29) is 10.8 Å². The lowest BCUT2D eigenvalue weighted by molar-refractivity contribution is -0.117. The summed E-state index contributed by atoms with van der Waals surface area (Å²) in [6, 6.07) is 2.88. The van der Waals surface area contributed by atoms with Crippen LogP contribution in [0.5, 0.6) is 0 Å². The molecule has 9 heteroatoms. The molecular formula is C13H18ClFN2O3S2. The van der Waals surface area contributed by atoms with Crippen LogP contribution in [0, 0.1) is 5.82 Å². The summed E-state index contributed by atoms with van der Waals surface area (Å²) in [5.41, 5.74) is 0.307. The highest BCUT2D eigenvalue weighted by molar-refractivity contribution is 7.98. The van der Waals surface area contributed by atoms with E-state index in [0.717, 1.165) is 6.07 Å². The van der Waals surface area contributed by atoms with E-state index in [9.17, 15) is 17.6 Å². The first-order valence-electron chi connectivity index (χ1n) is 6.54. The van der Waals surface area contributed by atoms with E-state index in [1.165, 1.54) is 30.8 Å². The molecule has 1 unspecified atom stereocenters. The van der Waals surface area contributed by atoms with Crippen molar-refractivity contribution >= 4 is 45.0 Å². The predicted octanol–water partition coefficient (Wildman–Crippen LogP) is 2.48. The Morgan fingerprint density at radius 3 is 2.68 bits per heavy atom. The molecule has 1 aromatic rings. The van der Waals surface area contributed by atoms with Gasteiger partial charge in [-0.3, -0.25) is 4.79 Å². The van der Waals surface area contributed by atoms with Crippen LogP contribution in [0.1, 0.15) is 13.3 Å². The fourth-order valence-electron chi connectivity index (χ4n) is 1.58. The number of benzene rings is 1. The molecule has 0 saturated carbocycles. The van der Waals surface area contributed by atoms with Gasteiger partial charge in [0.2, 0.25) is 15.9 Å². The fraction of sp³-hybridized carbons (Fsp3) is 0.462. The molecule has 0 aromatic heterocycles. The summed E-state index contributed by atoms with van der Waals surface area (Å²) in [6.45, 7) is 1.49. The molecule has 22 heavy (non-hydrogen) atoms. The van der Waals surface area contributed by atoms with Gasteiger partial charge in [-0.15, -0.1) is 0 Å². The molecule has 0 fully saturated rings. The Morgan fingerprint density at radius 2 is 2.14 bits per heavy atom. The Morgan fingerprint density at radius 1 is 1.45 bits per heavy atom. The number of amides is 1. The Kier molecular flexibility index (Phi) is 7.61. The zero-order chi connectivity index (χ0) is 16.8. The molecule has 1 rings (SSSR count). The minimum absolute atomic E-state index is 0.113. The lowest BCUT2D eigenvalue weighted by Gasteiger charge is -2.18. The van der Waals surface area contributed by atoms with Gasteiger partial charge in [0.1, 0.15) is 11.9 Å². The van der Waals surface area contributed by atoms with Gasteiger partial charge in [0.05, 0.1) is 10.8 Å². The average molecular weight is 369 g/mol. The minimum Gasteiger partial charge on any atom is -0.325 e. The van der Waals surface area contributed by atoms with Gasteiger partial charge >= 0.3 is 0 Å². The first kappa shape index (κ1) is 19.2. The first-order valence-corrected chi connectivity index (χ1v) is 9.96. The molecule has 0 saturated heterocycles. The van der Waals surface area contributed by atoms with Crippen molar-refractivity contribution in [2.24, 2.45) is 0 Å². The largest absolute Gasteiger partial charge is 0.325 e. The highest BCUT2D eigenvalue weighted by Crippen LogP contribution is 2.19. The molecule has 1 aromatic carbocycles. The Hall–Kier alpha value is -0.830. The summed E-state index contributed by atoms with van der Waals surface area (Å²) in [5, 5.41) is 2.42. The van der Waals surface area contributed by atoms with Gasteiger partial charge in [0.25, 0.3) is 0 Å². The van der Waals surface area contributed by atoms with Crippen molar-refractivity contribution in [3.05, 3.63) is 29.0 Å². The topological polar surface area (TPSA) is 75.3 Å². The van der Waals surface area contributed by atoms with Gasteiger partial charge in [-0.2, -0.15) is 11.8 Å². The van der Waals surface area contributed by atoms with Crippen LogP contribution < -0.4 is 10.0 Å². The Labute approximate surface area is 139 Å². The molecule has 0 aliphatic carbocycles. The van der Waals surface area contributed by atoms with Crippen LogP contribution in [0.2, 0.25) is 5.02 Å². The van der Waals surface area contributed by atoms with E-state index in [1.807, 2.05) is 6.26 Å². The third-order valence-corrected chi connectivity index (χ3v) is 5.15. The quantitative estimate of drug-likeness (QED) is 0.739. The van der Waals surface area contributed by atoms with E-state index < -0.39 is 27.8 Å². The number of nitrogens with one attached hydrogen (secondary N) is 2. The van der Waals surface area contributed by atoms with Gasteiger partial charge in [0, 0.05) is 5.69 Å². The lowest BCUT2D eigenvalue weighted by atomic mass is 10.2. The van der Waals surface area contributed by atoms with Crippen LogP contribution in [0.15, 0.2) is 18.2 Å².